The van der Waals surface area contributed by atoms with Gasteiger partial charge in [-0.3, -0.25) is 4.79 Å². The van der Waals surface area contributed by atoms with Crippen LogP contribution >= 0.6 is 0 Å². The first kappa shape index (κ1) is 18.2. The highest BCUT2D eigenvalue weighted by atomic mass is 16.5. The van der Waals surface area contributed by atoms with Crippen LogP contribution in [0.3, 0.4) is 0 Å². The van der Waals surface area contributed by atoms with Gasteiger partial charge in [0.05, 0.1) is 18.9 Å². The van der Waals surface area contributed by atoms with Crippen molar-refractivity contribution in [3.05, 3.63) is 77.4 Å². The largest absolute Gasteiger partial charge is 0.494 e. The highest BCUT2D eigenvalue weighted by Gasteiger charge is 2.35. The Morgan fingerprint density at radius 3 is 2.57 bits per heavy atom. The quantitative estimate of drug-likeness (QED) is 0.632. The Morgan fingerprint density at radius 2 is 1.86 bits per heavy atom. The summed E-state index contributed by atoms with van der Waals surface area (Å²) in [4.78, 5) is 18.8. The molecule has 0 radical (unpaired) electrons. The summed E-state index contributed by atoms with van der Waals surface area (Å²) in [5.74, 6) is 2.37. The Morgan fingerprint density at radius 1 is 1.11 bits per heavy atom. The first-order chi connectivity index (χ1) is 13.7. The summed E-state index contributed by atoms with van der Waals surface area (Å²) in [6, 6.07) is 17.7. The number of amides is 1. The highest BCUT2D eigenvalue weighted by molar-refractivity contribution is 5.79. The molecule has 0 spiro atoms. The lowest BCUT2D eigenvalue weighted by Crippen LogP contribution is -2.49. The van der Waals surface area contributed by atoms with Crippen molar-refractivity contribution in [1.82, 2.24) is 15.0 Å². The highest BCUT2D eigenvalue weighted by Crippen LogP contribution is 2.27. The van der Waals surface area contributed by atoms with Crippen LogP contribution in [0.15, 0.2) is 59.1 Å². The summed E-state index contributed by atoms with van der Waals surface area (Å²) >= 11 is 0. The first-order valence-corrected chi connectivity index (χ1v) is 9.57. The summed E-state index contributed by atoms with van der Waals surface area (Å²) in [5.41, 5.74) is 2.13. The second-order valence-electron chi connectivity index (χ2n) is 6.96. The van der Waals surface area contributed by atoms with Gasteiger partial charge < -0.3 is 14.2 Å². The summed E-state index contributed by atoms with van der Waals surface area (Å²) in [6.07, 6.45) is 1.04. The minimum atomic E-state index is 0.115. The normalized spacial score (nSPS) is 14.0. The third-order valence-electron chi connectivity index (χ3n) is 4.86. The molecule has 1 aliphatic heterocycles. The van der Waals surface area contributed by atoms with E-state index in [2.05, 4.69) is 10.1 Å². The molecule has 144 valence electrons. The van der Waals surface area contributed by atoms with E-state index in [-0.39, 0.29) is 11.8 Å². The Kier molecular flexibility index (Phi) is 5.37. The maximum absolute atomic E-state index is 12.5. The zero-order valence-electron chi connectivity index (χ0n) is 15.9. The van der Waals surface area contributed by atoms with E-state index in [9.17, 15) is 4.79 Å². The number of carbonyl (C=O) groups excluding carboxylic acids is 1. The molecule has 0 N–H and O–H groups in total. The molecule has 1 aliphatic rings. The average molecular weight is 377 g/mol. The van der Waals surface area contributed by atoms with Crippen LogP contribution in [-0.2, 0) is 17.6 Å². The molecule has 0 bridgehead atoms. The van der Waals surface area contributed by atoms with Gasteiger partial charge in [0, 0.05) is 19.5 Å². The van der Waals surface area contributed by atoms with Gasteiger partial charge in [0.1, 0.15) is 5.75 Å². The van der Waals surface area contributed by atoms with Gasteiger partial charge in [-0.15, -0.1) is 0 Å². The molecule has 1 fully saturated rings. The summed E-state index contributed by atoms with van der Waals surface area (Å²) in [7, 11) is 0. The van der Waals surface area contributed by atoms with E-state index < -0.39 is 0 Å². The van der Waals surface area contributed by atoms with Gasteiger partial charge in [-0.1, -0.05) is 47.6 Å². The molecule has 0 unspecified atom stereocenters. The average Bonchev–Trinajstić information content (AvgIpc) is 3.11. The van der Waals surface area contributed by atoms with E-state index in [1.54, 1.807) is 0 Å². The Hall–Kier alpha value is -3.15. The fourth-order valence-electron chi connectivity index (χ4n) is 3.28. The number of nitrogens with zero attached hydrogens (tertiary/aromatic N) is 3. The molecule has 4 rings (SSSR count). The molecule has 28 heavy (non-hydrogen) atoms. The molecule has 1 amide bonds. The lowest BCUT2D eigenvalue weighted by atomic mass is 9.98. The molecule has 0 saturated carbocycles. The fraction of sp³-hybridized carbons (Fsp3) is 0.318. The lowest BCUT2D eigenvalue weighted by molar-refractivity contribution is -0.135. The molecule has 0 atom stereocenters. The van der Waals surface area contributed by atoms with Crippen molar-refractivity contribution in [3.8, 4) is 5.75 Å². The van der Waals surface area contributed by atoms with Crippen molar-refractivity contribution >= 4 is 5.91 Å². The third kappa shape index (κ3) is 4.22. The van der Waals surface area contributed by atoms with Crippen LogP contribution in [0.5, 0.6) is 5.75 Å². The molecule has 6 nitrogen and oxygen atoms in total. The van der Waals surface area contributed by atoms with Crippen molar-refractivity contribution in [2.45, 2.75) is 25.7 Å². The zero-order chi connectivity index (χ0) is 19.3. The molecule has 3 aromatic rings. The SMILES string of the molecule is CCOc1ccc(CC(=O)N2CC(c3nc(Cc4ccccc4)no3)C2)cc1. The second kappa shape index (κ2) is 8.25. The number of likely N-dealkylation sites (tertiary alicyclic amines) is 1. The minimum absolute atomic E-state index is 0.115. The topological polar surface area (TPSA) is 68.5 Å². The number of ether oxygens (including phenoxy) is 1. The summed E-state index contributed by atoms with van der Waals surface area (Å²) in [6.45, 7) is 3.84. The maximum atomic E-state index is 12.5. The van der Waals surface area contributed by atoms with E-state index >= 15 is 0 Å². The van der Waals surface area contributed by atoms with Gasteiger partial charge in [0.25, 0.3) is 0 Å². The Labute approximate surface area is 164 Å². The van der Waals surface area contributed by atoms with E-state index in [0.29, 0.717) is 44.3 Å². The predicted molar refractivity (Wildman–Crippen MR) is 104 cm³/mol. The Balaban J connectivity index is 1.27. The molecule has 1 aromatic heterocycles. The van der Waals surface area contributed by atoms with Crippen molar-refractivity contribution < 1.29 is 14.1 Å². The monoisotopic (exact) mass is 377 g/mol. The smallest absolute Gasteiger partial charge is 0.233 e. The van der Waals surface area contributed by atoms with Crippen molar-refractivity contribution in [3.63, 3.8) is 0 Å². The number of hydrogen-bond acceptors (Lipinski definition) is 5. The number of rotatable bonds is 7. The third-order valence-corrected chi connectivity index (χ3v) is 4.86. The van der Waals surface area contributed by atoms with E-state index in [1.165, 1.54) is 0 Å². The van der Waals surface area contributed by atoms with Crippen LogP contribution in [0.1, 0.15) is 35.7 Å². The van der Waals surface area contributed by atoms with Crippen LogP contribution in [0.2, 0.25) is 0 Å². The number of carbonyl (C=O) groups is 1. The van der Waals surface area contributed by atoms with Gasteiger partial charge in [-0.2, -0.15) is 4.98 Å². The molecular weight excluding hydrogens is 354 g/mol. The summed E-state index contributed by atoms with van der Waals surface area (Å²) < 4.78 is 10.8. The minimum Gasteiger partial charge on any atom is -0.494 e. The van der Waals surface area contributed by atoms with Gasteiger partial charge in [0.15, 0.2) is 5.82 Å². The number of hydrogen-bond donors (Lipinski definition) is 0. The van der Waals surface area contributed by atoms with Gasteiger partial charge >= 0.3 is 0 Å². The summed E-state index contributed by atoms with van der Waals surface area (Å²) in [5, 5.41) is 4.07. The molecule has 6 heteroatoms. The van der Waals surface area contributed by atoms with Crippen LogP contribution in [0, 0.1) is 0 Å². The molecule has 1 saturated heterocycles. The van der Waals surface area contributed by atoms with E-state index in [1.807, 2.05) is 66.4 Å². The Bertz CT molecular complexity index is 916. The van der Waals surface area contributed by atoms with E-state index in [4.69, 9.17) is 9.26 Å². The van der Waals surface area contributed by atoms with Crippen molar-refractivity contribution in [1.29, 1.82) is 0 Å². The van der Waals surface area contributed by atoms with Crippen LogP contribution in [0.4, 0.5) is 0 Å². The molecular formula is C22H23N3O3. The van der Waals surface area contributed by atoms with Gasteiger partial charge in [0.2, 0.25) is 11.8 Å². The molecule has 2 aromatic carbocycles. The lowest BCUT2D eigenvalue weighted by Gasteiger charge is -2.37. The first-order valence-electron chi connectivity index (χ1n) is 9.57. The van der Waals surface area contributed by atoms with Crippen LogP contribution < -0.4 is 4.74 Å². The van der Waals surface area contributed by atoms with Crippen LogP contribution in [-0.4, -0.2) is 40.6 Å². The van der Waals surface area contributed by atoms with Gasteiger partial charge in [-0.25, -0.2) is 0 Å². The second-order valence-corrected chi connectivity index (χ2v) is 6.96. The van der Waals surface area contributed by atoms with Crippen molar-refractivity contribution in [2.75, 3.05) is 19.7 Å². The number of benzene rings is 2. The maximum Gasteiger partial charge on any atom is 0.233 e. The standard InChI is InChI=1S/C22H23N3O3/c1-2-27-19-10-8-17(9-11-19)13-21(26)25-14-18(15-25)22-23-20(24-28-22)12-16-6-4-3-5-7-16/h3-11,18H,2,12-15H2,1H3. The van der Waals surface area contributed by atoms with E-state index in [0.717, 1.165) is 16.9 Å². The van der Waals surface area contributed by atoms with Crippen LogP contribution in [0.25, 0.3) is 0 Å². The molecule has 0 aliphatic carbocycles. The van der Waals surface area contributed by atoms with Crippen molar-refractivity contribution in [2.24, 2.45) is 0 Å². The fourth-order valence-corrected chi connectivity index (χ4v) is 3.28. The predicted octanol–water partition coefficient (Wildman–Crippen LogP) is 3.23. The number of aromatic nitrogens is 2. The van der Waals surface area contributed by atoms with Gasteiger partial charge in [-0.05, 0) is 30.2 Å². The molecule has 2 heterocycles. The zero-order valence-corrected chi connectivity index (χ0v) is 15.9.